The van der Waals surface area contributed by atoms with Crippen LogP contribution in [-0.2, 0) is 0 Å². The van der Waals surface area contributed by atoms with Crippen LogP contribution in [0.2, 0.25) is 0 Å². The second kappa shape index (κ2) is 10.8. The van der Waals surface area contributed by atoms with Crippen LogP contribution in [0.15, 0.2) is 0 Å². The molecule has 1 aliphatic carbocycles. The van der Waals surface area contributed by atoms with E-state index in [1.807, 2.05) is 0 Å². The van der Waals surface area contributed by atoms with Gasteiger partial charge in [0.25, 0.3) is 0 Å². The van der Waals surface area contributed by atoms with Gasteiger partial charge in [-0.3, -0.25) is 0 Å². The first kappa shape index (κ1) is 16.0. The Labute approximate surface area is 113 Å². The van der Waals surface area contributed by atoms with Gasteiger partial charge in [-0.2, -0.15) is 0 Å². The van der Waals surface area contributed by atoms with Crippen LogP contribution < -0.4 is 0 Å². The summed E-state index contributed by atoms with van der Waals surface area (Å²) in [6.07, 6.45) is 15.3. The van der Waals surface area contributed by atoms with E-state index in [1.165, 1.54) is 70.6 Å². The van der Waals surface area contributed by atoms with E-state index in [4.69, 9.17) is 5.11 Å². The highest BCUT2D eigenvalue weighted by Gasteiger charge is 2.22. The molecule has 108 valence electrons. The van der Waals surface area contributed by atoms with Crippen LogP contribution in [0.4, 0.5) is 0 Å². The summed E-state index contributed by atoms with van der Waals surface area (Å²) in [6, 6.07) is 0. The summed E-state index contributed by atoms with van der Waals surface area (Å²) in [5.41, 5.74) is 0. The fourth-order valence-corrected chi connectivity index (χ4v) is 3.31. The smallest absolute Gasteiger partial charge is 0.0461 e. The third kappa shape index (κ3) is 6.75. The molecule has 2 heteroatoms. The Morgan fingerprint density at radius 3 is 2.00 bits per heavy atom. The van der Waals surface area contributed by atoms with E-state index in [9.17, 15) is 5.11 Å². The van der Waals surface area contributed by atoms with Crippen molar-refractivity contribution in [2.24, 2.45) is 11.8 Å². The zero-order chi connectivity index (χ0) is 13.1. The second-order valence-corrected chi connectivity index (χ2v) is 5.97. The Morgan fingerprint density at radius 2 is 1.39 bits per heavy atom. The summed E-state index contributed by atoms with van der Waals surface area (Å²) in [5, 5.41) is 18.2. The highest BCUT2D eigenvalue weighted by molar-refractivity contribution is 4.73. The molecule has 0 spiro atoms. The Bertz CT molecular complexity index is 176. The molecule has 0 heterocycles. The van der Waals surface area contributed by atoms with Gasteiger partial charge < -0.3 is 10.2 Å². The molecule has 1 saturated carbocycles. The summed E-state index contributed by atoms with van der Waals surface area (Å²) in [5.74, 6) is 1.38. The van der Waals surface area contributed by atoms with E-state index in [2.05, 4.69) is 0 Å². The summed E-state index contributed by atoms with van der Waals surface area (Å²) in [7, 11) is 0. The fraction of sp³-hybridized carbons (Fsp3) is 1.00. The molecule has 0 saturated heterocycles. The van der Waals surface area contributed by atoms with E-state index >= 15 is 0 Å². The standard InChI is InChI=1S/C16H32O2/c17-13-9-4-2-1-3-6-12-16(14-18)15-10-7-5-8-11-15/h15-18H,1-14H2. The van der Waals surface area contributed by atoms with Crippen molar-refractivity contribution >= 4 is 0 Å². The minimum atomic E-state index is 0.342. The van der Waals surface area contributed by atoms with Crippen LogP contribution in [0.1, 0.15) is 77.0 Å². The van der Waals surface area contributed by atoms with Crippen LogP contribution in [0.3, 0.4) is 0 Å². The maximum atomic E-state index is 9.52. The van der Waals surface area contributed by atoms with E-state index < -0.39 is 0 Å². The molecule has 2 N–H and O–H groups in total. The average Bonchev–Trinajstić information content (AvgIpc) is 2.43. The molecule has 0 aromatic heterocycles. The normalized spacial score (nSPS) is 19.0. The maximum Gasteiger partial charge on any atom is 0.0461 e. The lowest BCUT2D eigenvalue weighted by atomic mass is 9.78. The van der Waals surface area contributed by atoms with Crippen molar-refractivity contribution in [1.29, 1.82) is 0 Å². The molecular formula is C16H32O2. The molecule has 0 aromatic carbocycles. The third-order valence-corrected chi connectivity index (χ3v) is 4.53. The van der Waals surface area contributed by atoms with E-state index in [-0.39, 0.29) is 0 Å². The number of rotatable bonds is 10. The van der Waals surface area contributed by atoms with Crippen molar-refractivity contribution in [3.05, 3.63) is 0 Å². The lowest BCUT2D eigenvalue weighted by Crippen LogP contribution is -2.21. The number of hydrogen-bond donors (Lipinski definition) is 2. The number of hydrogen-bond acceptors (Lipinski definition) is 2. The first-order valence-corrected chi connectivity index (χ1v) is 8.10. The average molecular weight is 256 g/mol. The molecule has 0 aliphatic heterocycles. The van der Waals surface area contributed by atoms with Crippen LogP contribution in [-0.4, -0.2) is 23.4 Å². The van der Waals surface area contributed by atoms with E-state index in [1.54, 1.807) is 0 Å². The maximum absolute atomic E-state index is 9.52. The Hall–Kier alpha value is -0.0800. The predicted octanol–water partition coefficient (Wildman–Crippen LogP) is 3.90. The quantitative estimate of drug-likeness (QED) is 0.582. The van der Waals surface area contributed by atoms with Crippen LogP contribution >= 0.6 is 0 Å². The van der Waals surface area contributed by atoms with Gasteiger partial charge in [0.2, 0.25) is 0 Å². The summed E-state index contributed by atoms with van der Waals surface area (Å²) in [4.78, 5) is 0. The highest BCUT2D eigenvalue weighted by atomic mass is 16.3. The number of aliphatic hydroxyl groups is 2. The largest absolute Gasteiger partial charge is 0.396 e. The van der Waals surface area contributed by atoms with Crippen molar-refractivity contribution in [3.63, 3.8) is 0 Å². The Kier molecular flexibility index (Phi) is 9.59. The van der Waals surface area contributed by atoms with Crippen molar-refractivity contribution in [3.8, 4) is 0 Å². The third-order valence-electron chi connectivity index (χ3n) is 4.53. The van der Waals surface area contributed by atoms with Crippen LogP contribution in [0.5, 0.6) is 0 Å². The minimum Gasteiger partial charge on any atom is -0.396 e. The number of aliphatic hydroxyl groups excluding tert-OH is 2. The van der Waals surface area contributed by atoms with Gasteiger partial charge in [-0.15, -0.1) is 0 Å². The van der Waals surface area contributed by atoms with Gasteiger partial charge in [-0.1, -0.05) is 64.2 Å². The molecule has 18 heavy (non-hydrogen) atoms. The molecular weight excluding hydrogens is 224 g/mol. The Morgan fingerprint density at radius 1 is 0.778 bits per heavy atom. The van der Waals surface area contributed by atoms with Gasteiger partial charge in [0, 0.05) is 13.2 Å². The molecule has 1 unspecified atom stereocenters. The highest BCUT2D eigenvalue weighted by Crippen LogP contribution is 2.32. The summed E-state index contributed by atoms with van der Waals surface area (Å²) in [6.45, 7) is 0.740. The Balaban J connectivity index is 2.00. The lowest BCUT2D eigenvalue weighted by molar-refractivity contribution is 0.137. The van der Waals surface area contributed by atoms with Crippen molar-refractivity contribution in [1.82, 2.24) is 0 Å². The molecule has 0 bridgehead atoms. The van der Waals surface area contributed by atoms with E-state index in [0.717, 1.165) is 12.3 Å². The molecule has 1 atom stereocenters. The van der Waals surface area contributed by atoms with Gasteiger partial charge in [0.05, 0.1) is 0 Å². The summed E-state index contributed by atoms with van der Waals surface area (Å²) >= 11 is 0. The monoisotopic (exact) mass is 256 g/mol. The molecule has 2 nitrogen and oxygen atoms in total. The molecule has 0 amide bonds. The zero-order valence-electron chi connectivity index (χ0n) is 11.9. The van der Waals surface area contributed by atoms with Gasteiger partial charge in [-0.05, 0) is 24.7 Å². The van der Waals surface area contributed by atoms with Gasteiger partial charge in [-0.25, -0.2) is 0 Å². The fourth-order valence-electron chi connectivity index (χ4n) is 3.31. The van der Waals surface area contributed by atoms with Gasteiger partial charge in [0.15, 0.2) is 0 Å². The number of unbranched alkanes of at least 4 members (excludes halogenated alkanes) is 5. The molecule has 1 fully saturated rings. The van der Waals surface area contributed by atoms with Crippen molar-refractivity contribution in [2.45, 2.75) is 77.0 Å². The first-order chi connectivity index (χ1) is 8.88. The molecule has 0 radical (unpaired) electrons. The molecule has 0 aromatic rings. The molecule has 1 rings (SSSR count). The SMILES string of the molecule is OCCCCCCCCC(CO)C1CCCCC1. The predicted molar refractivity (Wildman–Crippen MR) is 76.6 cm³/mol. The van der Waals surface area contributed by atoms with Gasteiger partial charge in [0.1, 0.15) is 0 Å². The van der Waals surface area contributed by atoms with Crippen LogP contribution in [0, 0.1) is 11.8 Å². The lowest BCUT2D eigenvalue weighted by Gasteiger charge is -2.29. The summed E-state index contributed by atoms with van der Waals surface area (Å²) < 4.78 is 0. The van der Waals surface area contributed by atoms with Crippen molar-refractivity contribution in [2.75, 3.05) is 13.2 Å². The van der Waals surface area contributed by atoms with Crippen molar-refractivity contribution < 1.29 is 10.2 Å². The van der Waals surface area contributed by atoms with Crippen LogP contribution in [0.25, 0.3) is 0 Å². The van der Waals surface area contributed by atoms with Gasteiger partial charge >= 0.3 is 0 Å². The zero-order valence-corrected chi connectivity index (χ0v) is 11.9. The topological polar surface area (TPSA) is 40.5 Å². The molecule has 1 aliphatic rings. The first-order valence-electron chi connectivity index (χ1n) is 8.10. The van der Waals surface area contributed by atoms with E-state index in [0.29, 0.717) is 19.1 Å². The second-order valence-electron chi connectivity index (χ2n) is 5.97. The minimum absolute atomic E-state index is 0.342.